The van der Waals surface area contributed by atoms with E-state index in [2.05, 4.69) is 5.32 Å². The SMILES string of the molecule is Cc1ccc(C(C)(C)C(=O)Nc2ccc3cc(C=N)ccc3c2)cc1O. The summed E-state index contributed by atoms with van der Waals surface area (Å²) < 4.78 is 0. The molecular weight excluding hydrogens is 324 g/mol. The van der Waals surface area contributed by atoms with Crippen molar-refractivity contribution in [2.45, 2.75) is 26.2 Å². The predicted molar refractivity (Wildman–Crippen MR) is 106 cm³/mol. The number of carbonyl (C=O) groups is 1. The molecule has 3 aromatic rings. The van der Waals surface area contributed by atoms with Crippen LogP contribution in [-0.2, 0) is 10.2 Å². The minimum atomic E-state index is -0.788. The van der Waals surface area contributed by atoms with E-state index in [1.54, 1.807) is 6.07 Å². The van der Waals surface area contributed by atoms with Gasteiger partial charge in [-0.2, -0.15) is 0 Å². The maximum Gasteiger partial charge on any atom is 0.234 e. The molecule has 0 spiro atoms. The first-order valence-electron chi connectivity index (χ1n) is 8.47. The van der Waals surface area contributed by atoms with Gasteiger partial charge in [-0.15, -0.1) is 0 Å². The monoisotopic (exact) mass is 346 g/mol. The highest BCUT2D eigenvalue weighted by molar-refractivity contribution is 6.00. The number of phenols is 1. The van der Waals surface area contributed by atoms with Crippen LogP contribution in [0.5, 0.6) is 5.75 Å². The van der Waals surface area contributed by atoms with Gasteiger partial charge in [-0.25, -0.2) is 0 Å². The average Bonchev–Trinajstić information content (AvgIpc) is 2.63. The van der Waals surface area contributed by atoms with Crippen LogP contribution < -0.4 is 5.32 Å². The molecule has 3 aromatic carbocycles. The number of carbonyl (C=O) groups excluding carboxylic acids is 1. The average molecular weight is 346 g/mol. The van der Waals surface area contributed by atoms with Gasteiger partial charge in [0.05, 0.1) is 5.41 Å². The highest BCUT2D eigenvalue weighted by atomic mass is 16.3. The zero-order chi connectivity index (χ0) is 18.9. The van der Waals surface area contributed by atoms with E-state index >= 15 is 0 Å². The molecule has 0 saturated carbocycles. The van der Waals surface area contributed by atoms with Gasteiger partial charge in [-0.05, 0) is 72.5 Å². The van der Waals surface area contributed by atoms with Gasteiger partial charge >= 0.3 is 0 Å². The molecule has 0 aliphatic rings. The lowest BCUT2D eigenvalue weighted by Gasteiger charge is -2.25. The smallest absolute Gasteiger partial charge is 0.234 e. The number of anilines is 1. The van der Waals surface area contributed by atoms with Crippen LogP contribution in [0.2, 0.25) is 0 Å². The standard InChI is InChI=1S/C22H22N2O2/c1-14-4-8-18(12-20(14)25)22(2,3)21(26)24-19-9-7-16-10-15(13-23)5-6-17(16)11-19/h4-13,23,25H,1-3H3,(H,24,26). The third-order valence-electron chi connectivity index (χ3n) is 4.79. The molecule has 3 N–H and O–H groups in total. The number of nitrogens with one attached hydrogen (secondary N) is 2. The minimum absolute atomic E-state index is 0.142. The molecule has 1 amide bonds. The van der Waals surface area contributed by atoms with Crippen molar-refractivity contribution in [1.29, 1.82) is 5.41 Å². The molecule has 132 valence electrons. The molecule has 26 heavy (non-hydrogen) atoms. The fraction of sp³-hybridized carbons (Fsp3) is 0.182. The molecule has 0 heterocycles. The third-order valence-corrected chi connectivity index (χ3v) is 4.79. The van der Waals surface area contributed by atoms with Gasteiger partial charge in [0.1, 0.15) is 5.75 Å². The van der Waals surface area contributed by atoms with Gasteiger partial charge in [0, 0.05) is 11.9 Å². The van der Waals surface area contributed by atoms with Crippen molar-refractivity contribution in [2.24, 2.45) is 0 Å². The quantitative estimate of drug-likeness (QED) is 0.596. The van der Waals surface area contributed by atoms with Crippen molar-refractivity contribution in [3.63, 3.8) is 0 Å². The number of hydrogen-bond acceptors (Lipinski definition) is 3. The van der Waals surface area contributed by atoms with E-state index in [1.807, 2.05) is 69.3 Å². The van der Waals surface area contributed by atoms with Crippen molar-refractivity contribution < 1.29 is 9.90 Å². The summed E-state index contributed by atoms with van der Waals surface area (Å²) in [6, 6.07) is 16.8. The van der Waals surface area contributed by atoms with Crippen LogP contribution in [-0.4, -0.2) is 17.2 Å². The van der Waals surface area contributed by atoms with Gasteiger partial charge < -0.3 is 15.8 Å². The maximum atomic E-state index is 12.8. The van der Waals surface area contributed by atoms with Gasteiger partial charge in [-0.1, -0.05) is 30.3 Å². The molecule has 0 saturated heterocycles. The van der Waals surface area contributed by atoms with Crippen LogP contribution in [0.25, 0.3) is 10.8 Å². The number of amides is 1. The largest absolute Gasteiger partial charge is 0.508 e. The summed E-state index contributed by atoms with van der Waals surface area (Å²) in [5.74, 6) is 0.0484. The summed E-state index contributed by atoms with van der Waals surface area (Å²) in [5, 5.41) is 22.3. The van der Waals surface area contributed by atoms with Crippen LogP contribution in [0, 0.1) is 12.3 Å². The second-order valence-corrected chi connectivity index (χ2v) is 7.05. The Morgan fingerprint density at radius 2 is 1.73 bits per heavy atom. The Morgan fingerprint density at radius 3 is 2.42 bits per heavy atom. The van der Waals surface area contributed by atoms with Crippen LogP contribution >= 0.6 is 0 Å². The Hall–Kier alpha value is -3.14. The lowest BCUT2D eigenvalue weighted by Crippen LogP contribution is -2.34. The van der Waals surface area contributed by atoms with Crippen LogP contribution in [0.15, 0.2) is 54.6 Å². The number of aromatic hydroxyl groups is 1. The highest BCUT2D eigenvalue weighted by Gasteiger charge is 2.30. The molecule has 0 aliphatic carbocycles. The Morgan fingerprint density at radius 1 is 1.04 bits per heavy atom. The van der Waals surface area contributed by atoms with Gasteiger partial charge in [0.25, 0.3) is 0 Å². The summed E-state index contributed by atoms with van der Waals surface area (Å²) in [6.45, 7) is 5.50. The molecule has 0 bridgehead atoms. The van der Waals surface area contributed by atoms with Crippen molar-refractivity contribution in [3.8, 4) is 5.75 Å². The predicted octanol–water partition coefficient (Wildman–Crippen LogP) is 4.77. The third kappa shape index (κ3) is 3.31. The Labute approximate surface area is 153 Å². The zero-order valence-corrected chi connectivity index (χ0v) is 15.1. The summed E-state index contributed by atoms with van der Waals surface area (Å²) >= 11 is 0. The molecule has 0 fully saturated rings. The fourth-order valence-corrected chi connectivity index (χ4v) is 2.85. The molecular formula is C22H22N2O2. The van der Waals surface area contributed by atoms with Crippen LogP contribution in [0.4, 0.5) is 5.69 Å². The van der Waals surface area contributed by atoms with Gasteiger partial charge in [0.2, 0.25) is 5.91 Å². The van der Waals surface area contributed by atoms with Crippen LogP contribution in [0.3, 0.4) is 0 Å². The molecule has 0 aliphatic heterocycles. The number of rotatable bonds is 4. The lowest BCUT2D eigenvalue weighted by atomic mass is 9.83. The summed E-state index contributed by atoms with van der Waals surface area (Å²) in [6.07, 6.45) is 1.31. The number of aryl methyl sites for hydroxylation is 1. The van der Waals surface area contributed by atoms with E-state index in [0.29, 0.717) is 0 Å². The molecule has 0 atom stereocenters. The van der Waals surface area contributed by atoms with E-state index in [-0.39, 0.29) is 11.7 Å². The summed E-state index contributed by atoms with van der Waals surface area (Å²) in [7, 11) is 0. The van der Waals surface area contributed by atoms with E-state index < -0.39 is 5.41 Å². The van der Waals surface area contributed by atoms with Gasteiger partial charge in [0.15, 0.2) is 0 Å². The molecule has 3 rings (SSSR count). The molecule has 0 radical (unpaired) electrons. The summed E-state index contributed by atoms with van der Waals surface area (Å²) in [5.41, 5.74) is 2.31. The second kappa shape index (κ2) is 6.64. The Kier molecular flexibility index (Phi) is 4.51. The maximum absolute atomic E-state index is 12.8. The van der Waals surface area contributed by atoms with E-state index in [0.717, 1.165) is 33.2 Å². The second-order valence-electron chi connectivity index (χ2n) is 7.05. The molecule has 4 heteroatoms. The van der Waals surface area contributed by atoms with Crippen molar-refractivity contribution in [1.82, 2.24) is 0 Å². The number of hydrogen-bond donors (Lipinski definition) is 3. The fourth-order valence-electron chi connectivity index (χ4n) is 2.85. The molecule has 0 unspecified atom stereocenters. The Bertz CT molecular complexity index is 1010. The zero-order valence-electron chi connectivity index (χ0n) is 15.1. The topological polar surface area (TPSA) is 73.2 Å². The number of benzene rings is 3. The van der Waals surface area contributed by atoms with Crippen molar-refractivity contribution >= 4 is 28.6 Å². The number of phenolic OH excluding ortho intramolecular Hbond substituents is 1. The van der Waals surface area contributed by atoms with Crippen molar-refractivity contribution in [2.75, 3.05) is 5.32 Å². The Balaban J connectivity index is 1.87. The first-order valence-corrected chi connectivity index (χ1v) is 8.47. The summed E-state index contributed by atoms with van der Waals surface area (Å²) in [4.78, 5) is 12.8. The molecule has 4 nitrogen and oxygen atoms in total. The van der Waals surface area contributed by atoms with Crippen LogP contribution in [0.1, 0.15) is 30.5 Å². The molecule has 0 aromatic heterocycles. The van der Waals surface area contributed by atoms with Crippen molar-refractivity contribution in [3.05, 3.63) is 71.3 Å². The highest BCUT2D eigenvalue weighted by Crippen LogP contribution is 2.30. The van der Waals surface area contributed by atoms with E-state index in [9.17, 15) is 9.90 Å². The first-order chi connectivity index (χ1) is 12.3. The van der Waals surface area contributed by atoms with Gasteiger partial charge in [-0.3, -0.25) is 4.79 Å². The number of fused-ring (bicyclic) bond motifs is 1. The normalized spacial score (nSPS) is 11.3. The van der Waals surface area contributed by atoms with E-state index in [4.69, 9.17) is 5.41 Å². The lowest BCUT2D eigenvalue weighted by molar-refractivity contribution is -0.120. The van der Waals surface area contributed by atoms with E-state index in [1.165, 1.54) is 6.21 Å². The minimum Gasteiger partial charge on any atom is -0.508 e. The first kappa shape index (κ1) is 17.7.